The minimum absolute atomic E-state index is 0.334. The lowest BCUT2D eigenvalue weighted by Gasteiger charge is -2.23. The zero-order chi connectivity index (χ0) is 33.4. The van der Waals surface area contributed by atoms with Crippen molar-refractivity contribution in [2.24, 2.45) is 11.5 Å². The third kappa shape index (κ3) is 15.0. The van der Waals surface area contributed by atoms with Crippen molar-refractivity contribution in [3.63, 3.8) is 0 Å². The molecular formula is C26H47N9O8. The minimum Gasteiger partial charge on any atom is -0.368 e. The van der Waals surface area contributed by atoms with Crippen LogP contribution in [0.2, 0.25) is 0 Å². The van der Waals surface area contributed by atoms with Gasteiger partial charge in [-0.3, -0.25) is 38.4 Å². The van der Waals surface area contributed by atoms with E-state index in [9.17, 15) is 38.4 Å². The second kappa shape index (κ2) is 19.0. The largest absolute Gasteiger partial charge is 0.368 e. The summed E-state index contributed by atoms with van der Waals surface area (Å²) in [6.45, 7) is 9.99. The second-order valence-electron chi connectivity index (χ2n) is 10.3. The van der Waals surface area contributed by atoms with E-state index in [1.807, 2.05) is 0 Å². The summed E-state index contributed by atoms with van der Waals surface area (Å²) in [4.78, 5) is 97.3. The summed E-state index contributed by atoms with van der Waals surface area (Å²) in [5.74, 6) is -5.17. The fraction of sp³-hybridized carbons (Fsp3) is 0.692. The van der Waals surface area contributed by atoms with E-state index in [0.717, 1.165) is 0 Å². The van der Waals surface area contributed by atoms with Gasteiger partial charge in [-0.2, -0.15) is 0 Å². The SMILES string of the molecule is CC(=O)N[C@@H](CCCCN)C(=O)N[C@@H](C)C(=O)N[C@@H](C)C(=O)N[C@@H](C)C(=O)N[C@@H](C)C(=O)N[C@@H](C)C(=O)N[C@@H](C)C(N)=O. The van der Waals surface area contributed by atoms with Crippen LogP contribution >= 0.6 is 0 Å². The van der Waals surface area contributed by atoms with E-state index >= 15 is 0 Å². The molecule has 0 unspecified atom stereocenters. The van der Waals surface area contributed by atoms with Crippen molar-refractivity contribution in [1.82, 2.24) is 37.2 Å². The average molecular weight is 614 g/mol. The van der Waals surface area contributed by atoms with Gasteiger partial charge >= 0.3 is 0 Å². The number of carbonyl (C=O) groups excluding carboxylic acids is 8. The van der Waals surface area contributed by atoms with Crippen molar-refractivity contribution in [3.8, 4) is 0 Å². The lowest BCUT2D eigenvalue weighted by atomic mass is 10.1. The molecule has 0 aromatic rings. The van der Waals surface area contributed by atoms with Crippen molar-refractivity contribution >= 4 is 47.3 Å². The smallest absolute Gasteiger partial charge is 0.243 e. The molecule has 0 saturated heterocycles. The van der Waals surface area contributed by atoms with Crippen LogP contribution in [-0.4, -0.2) is 96.1 Å². The zero-order valence-electron chi connectivity index (χ0n) is 25.8. The number of carbonyl (C=O) groups is 8. The van der Waals surface area contributed by atoms with E-state index in [1.54, 1.807) is 0 Å². The van der Waals surface area contributed by atoms with E-state index in [-0.39, 0.29) is 0 Å². The van der Waals surface area contributed by atoms with Crippen LogP contribution in [0.25, 0.3) is 0 Å². The molecule has 0 fully saturated rings. The van der Waals surface area contributed by atoms with Gasteiger partial charge in [0, 0.05) is 6.92 Å². The van der Waals surface area contributed by atoms with Crippen LogP contribution in [0.3, 0.4) is 0 Å². The maximum Gasteiger partial charge on any atom is 0.243 e. The van der Waals surface area contributed by atoms with E-state index in [0.29, 0.717) is 25.8 Å². The van der Waals surface area contributed by atoms with Gasteiger partial charge in [0.05, 0.1) is 0 Å². The normalized spacial score (nSPS) is 15.5. The molecule has 17 nitrogen and oxygen atoms in total. The Morgan fingerprint density at radius 2 is 0.791 bits per heavy atom. The summed E-state index contributed by atoms with van der Waals surface area (Å²) in [7, 11) is 0. The Bertz CT molecular complexity index is 1040. The molecule has 0 aliphatic carbocycles. The van der Waals surface area contributed by atoms with Crippen molar-refractivity contribution in [2.75, 3.05) is 6.54 Å². The molecule has 11 N–H and O–H groups in total. The molecule has 0 heterocycles. The summed E-state index contributed by atoms with van der Waals surface area (Å²) in [6, 6.07) is -7.17. The molecule has 0 radical (unpaired) electrons. The number of nitrogens with two attached hydrogens (primary N) is 2. The maximum absolute atomic E-state index is 12.6. The Labute approximate surface area is 251 Å². The molecular weight excluding hydrogens is 566 g/mol. The number of amides is 8. The highest BCUT2D eigenvalue weighted by Gasteiger charge is 2.28. The van der Waals surface area contributed by atoms with Gasteiger partial charge in [0.25, 0.3) is 0 Å². The number of primary amides is 1. The molecule has 8 amide bonds. The highest BCUT2D eigenvalue weighted by Crippen LogP contribution is 2.02. The van der Waals surface area contributed by atoms with Crippen LogP contribution in [0.5, 0.6) is 0 Å². The predicted octanol–water partition coefficient (Wildman–Crippen LogP) is -3.87. The van der Waals surface area contributed by atoms with Gasteiger partial charge in [0.15, 0.2) is 0 Å². The summed E-state index contributed by atoms with van der Waals surface area (Å²) in [5.41, 5.74) is 10.6. The molecule has 0 bridgehead atoms. The molecule has 0 aliphatic heterocycles. The molecule has 244 valence electrons. The van der Waals surface area contributed by atoms with Crippen LogP contribution in [0, 0.1) is 0 Å². The number of nitrogens with one attached hydrogen (secondary N) is 7. The molecule has 0 spiro atoms. The Kier molecular flexibility index (Phi) is 17.1. The lowest BCUT2D eigenvalue weighted by Crippen LogP contribution is -2.58. The Morgan fingerprint density at radius 1 is 0.488 bits per heavy atom. The maximum atomic E-state index is 12.6. The Hall–Kier alpha value is -4.28. The molecule has 43 heavy (non-hydrogen) atoms. The summed E-state index contributed by atoms with van der Waals surface area (Å²) < 4.78 is 0. The quantitative estimate of drug-likeness (QED) is 0.0683. The number of rotatable bonds is 18. The van der Waals surface area contributed by atoms with Crippen molar-refractivity contribution in [1.29, 1.82) is 0 Å². The summed E-state index contributed by atoms with van der Waals surface area (Å²) >= 11 is 0. The zero-order valence-corrected chi connectivity index (χ0v) is 25.8. The second-order valence-corrected chi connectivity index (χ2v) is 10.3. The number of hydrogen-bond acceptors (Lipinski definition) is 9. The third-order valence-corrected chi connectivity index (χ3v) is 6.19. The minimum atomic E-state index is -1.11. The van der Waals surface area contributed by atoms with Gasteiger partial charge < -0.3 is 48.7 Å². The monoisotopic (exact) mass is 613 g/mol. The van der Waals surface area contributed by atoms with Crippen LogP contribution in [0.15, 0.2) is 0 Å². The first kappa shape index (κ1) is 38.7. The van der Waals surface area contributed by atoms with Crippen molar-refractivity contribution in [2.45, 2.75) is 110 Å². The number of hydrogen-bond donors (Lipinski definition) is 9. The first-order chi connectivity index (χ1) is 19.9. The van der Waals surface area contributed by atoms with Gasteiger partial charge in [0.2, 0.25) is 47.3 Å². The summed E-state index contributed by atoms with van der Waals surface area (Å²) in [5, 5.41) is 17.0. The molecule has 17 heteroatoms. The van der Waals surface area contributed by atoms with E-state index in [1.165, 1.54) is 48.5 Å². The molecule has 7 atom stereocenters. The summed E-state index contributed by atoms with van der Waals surface area (Å²) in [6.07, 6.45) is 1.59. The van der Waals surface area contributed by atoms with Crippen LogP contribution in [0.1, 0.15) is 67.7 Å². The van der Waals surface area contributed by atoms with Gasteiger partial charge in [-0.05, 0) is 67.3 Å². The molecule has 0 saturated carbocycles. The topological polar surface area (TPSA) is 273 Å². The molecule has 0 aliphatic rings. The van der Waals surface area contributed by atoms with Gasteiger partial charge in [-0.1, -0.05) is 0 Å². The van der Waals surface area contributed by atoms with E-state index in [4.69, 9.17) is 11.5 Å². The third-order valence-electron chi connectivity index (χ3n) is 6.19. The van der Waals surface area contributed by atoms with Crippen LogP contribution in [0.4, 0.5) is 0 Å². The average Bonchev–Trinajstić information content (AvgIpc) is 2.91. The van der Waals surface area contributed by atoms with E-state index < -0.39 is 89.6 Å². The lowest BCUT2D eigenvalue weighted by molar-refractivity contribution is -0.134. The highest BCUT2D eigenvalue weighted by molar-refractivity contribution is 5.96. The Morgan fingerprint density at radius 3 is 1.07 bits per heavy atom. The molecule has 0 aromatic carbocycles. The van der Waals surface area contributed by atoms with Crippen LogP contribution in [-0.2, 0) is 38.4 Å². The predicted molar refractivity (Wildman–Crippen MR) is 155 cm³/mol. The van der Waals surface area contributed by atoms with Gasteiger partial charge in [-0.25, -0.2) is 0 Å². The first-order valence-electron chi connectivity index (χ1n) is 14.0. The fourth-order valence-corrected chi connectivity index (χ4v) is 3.41. The number of unbranched alkanes of at least 4 members (excludes halogenated alkanes) is 1. The highest BCUT2D eigenvalue weighted by atomic mass is 16.2. The van der Waals surface area contributed by atoms with E-state index in [2.05, 4.69) is 37.2 Å². The first-order valence-corrected chi connectivity index (χ1v) is 14.0. The van der Waals surface area contributed by atoms with Crippen LogP contribution < -0.4 is 48.7 Å². The fourth-order valence-electron chi connectivity index (χ4n) is 3.41. The van der Waals surface area contributed by atoms with Gasteiger partial charge in [-0.15, -0.1) is 0 Å². The van der Waals surface area contributed by atoms with Crippen molar-refractivity contribution in [3.05, 3.63) is 0 Å². The van der Waals surface area contributed by atoms with Gasteiger partial charge in [0.1, 0.15) is 42.3 Å². The molecule has 0 rings (SSSR count). The van der Waals surface area contributed by atoms with Crippen molar-refractivity contribution < 1.29 is 38.4 Å². The molecule has 0 aromatic heterocycles. The standard InChI is InChI=1S/C26H47N9O8/c1-12(20(28)37)29-21(38)13(2)30-22(39)14(3)31-23(40)15(4)32-24(41)16(5)33-25(42)17(6)34-26(43)19(35-18(7)36)10-8-9-11-27/h12-17,19H,8-11,27H2,1-7H3,(H2,28,37)(H,29,38)(H,30,39)(H,31,40)(H,32,41)(H,33,42)(H,34,43)(H,35,36)/t12-,13-,14-,15-,16-,17-,19-/m0/s1. The Balaban J connectivity index is 4.86.